The summed E-state index contributed by atoms with van der Waals surface area (Å²) in [4.78, 5) is 20.4. The second kappa shape index (κ2) is 5.58. The van der Waals surface area contributed by atoms with Gasteiger partial charge in [-0.15, -0.1) is 11.3 Å². The van der Waals surface area contributed by atoms with Crippen molar-refractivity contribution >= 4 is 17.3 Å². The van der Waals surface area contributed by atoms with Crippen LogP contribution in [-0.4, -0.2) is 27.1 Å². The zero-order valence-electron chi connectivity index (χ0n) is 9.50. The summed E-state index contributed by atoms with van der Waals surface area (Å²) in [5, 5.41) is 0. The summed E-state index contributed by atoms with van der Waals surface area (Å²) in [6, 6.07) is 0. The number of carbonyl (C=O) groups excluding carboxylic acids is 1. The quantitative estimate of drug-likeness (QED) is 0.760. The molecule has 2 heterocycles. The number of esters is 1. The van der Waals surface area contributed by atoms with Gasteiger partial charge < -0.3 is 9.30 Å². The average molecular weight is 251 g/mol. The van der Waals surface area contributed by atoms with E-state index in [1.165, 1.54) is 11.3 Å². The zero-order chi connectivity index (χ0) is 12.1. The summed E-state index contributed by atoms with van der Waals surface area (Å²) in [5.74, 6) is -0.288. The summed E-state index contributed by atoms with van der Waals surface area (Å²) in [6.07, 6.45) is 5.96. The SMILES string of the molecule is CCc1ncsc1C(=O)OCCn1ccnc1. The lowest BCUT2D eigenvalue weighted by atomic mass is 10.3. The molecule has 6 heteroatoms. The van der Waals surface area contributed by atoms with Crippen LogP contribution in [-0.2, 0) is 17.7 Å². The first-order valence-electron chi connectivity index (χ1n) is 5.36. The predicted octanol–water partition coefficient (Wildman–Crippen LogP) is 1.76. The maximum absolute atomic E-state index is 11.7. The van der Waals surface area contributed by atoms with Gasteiger partial charge in [-0.1, -0.05) is 6.92 Å². The molecular weight excluding hydrogens is 238 g/mol. The first kappa shape index (κ1) is 11.8. The van der Waals surface area contributed by atoms with Crippen LogP contribution in [0.5, 0.6) is 0 Å². The molecule has 0 aliphatic carbocycles. The van der Waals surface area contributed by atoms with Crippen LogP contribution in [0.2, 0.25) is 0 Å². The number of hydrogen-bond acceptors (Lipinski definition) is 5. The summed E-state index contributed by atoms with van der Waals surface area (Å²) < 4.78 is 7.05. The van der Waals surface area contributed by atoms with Gasteiger partial charge in [0.15, 0.2) is 0 Å². The third kappa shape index (κ3) is 2.91. The molecule has 2 aromatic heterocycles. The highest BCUT2D eigenvalue weighted by atomic mass is 32.1. The number of hydrogen-bond donors (Lipinski definition) is 0. The average Bonchev–Trinajstić information content (AvgIpc) is 2.99. The maximum atomic E-state index is 11.7. The van der Waals surface area contributed by atoms with E-state index >= 15 is 0 Å². The highest BCUT2D eigenvalue weighted by Crippen LogP contribution is 2.15. The Balaban J connectivity index is 1.85. The molecule has 0 unspecified atom stereocenters. The molecule has 2 rings (SSSR count). The number of aryl methyl sites for hydroxylation is 1. The van der Waals surface area contributed by atoms with Gasteiger partial charge in [0.25, 0.3) is 0 Å². The second-order valence-corrected chi connectivity index (χ2v) is 4.27. The molecule has 0 amide bonds. The molecule has 0 bridgehead atoms. The van der Waals surface area contributed by atoms with Gasteiger partial charge in [0, 0.05) is 12.4 Å². The third-order valence-corrected chi connectivity index (χ3v) is 3.15. The highest BCUT2D eigenvalue weighted by Gasteiger charge is 2.14. The molecule has 0 fully saturated rings. The fraction of sp³-hybridized carbons (Fsp3) is 0.364. The lowest BCUT2D eigenvalue weighted by Gasteiger charge is -2.04. The van der Waals surface area contributed by atoms with Crippen molar-refractivity contribution in [1.82, 2.24) is 14.5 Å². The van der Waals surface area contributed by atoms with Crippen LogP contribution in [0.15, 0.2) is 24.2 Å². The number of nitrogens with zero attached hydrogens (tertiary/aromatic N) is 3. The van der Waals surface area contributed by atoms with Crippen LogP contribution < -0.4 is 0 Å². The van der Waals surface area contributed by atoms with Crippen molar-refractivity contribution in [3.8, 4) is 0 Å². The van der Waals surface area contributed by atoms with Crippen molar-refractivity contribution in [2.24, 2.45) is 0 Å². The molecular formula is C11H13N3O2S. The van der Waals surface area contributed by atoms with Gasteiger partial charge in [-0.3, -0.25) is 0 Å². The van der Waals surface area contributed by atoms with E-state index < -0.39 is 0 Å². The fourth-order valence-corrected chi connectivity index (χ4v) is 2.19. The van der Waals surface area contributed by atoms with Crippen LogP contribution in [0.4, 0.5) is 0 Å². The van der Waals surface area contributed by atoms with Gasteiger partial charge in [-0.25, -0.2) is 14.8 Å². The maximum Gasteiger partial charge on any atom is 0.350 e. The normalized spacial score (nSPS) is 10.4. The molecule has 0 aliphatic rings. The van der Waals surface area contributed by atoms with Gasteiger partial charge >= 0.3 is 5.97 Å². The van der Waals surface area contributed by atoms with Crippen LogP contribution in [0.1, 0.15) is 22.3 Å². The van der Waals surface area contributed by atoms with Crippen molar-refractivity contribution in [2.45, 2.75) is 19.9 Å². The largest absolute Gasteiger partial charge is 0.460 e. The van der Waals surface area contributed by atoms with Crippen molar-refractivity contribution in [2.75, 3.05) is 6.61 Å². The van der Waals surface area contributed by atoms with E-state index in [1.807, 2.05) is 17.7 Å². The first-order chi connectivity index (χ1) is 8.31. The fourth-order valence-electron chi connectivity index (χ4n) is 1.42. The van der Waals surface area contributed by atoms with E-state index in [9.17, 15) is 4.79 Å². The number of carbonyl (C=O) groups is 1. The van der Waals surface area contributed by atoms with Crippen molar-refractivity contribution < 1.29 is 9.53 Å². The molecule has 0 N–H and O–H groups in total. The topological polar surface area (TPSA) is 57.0 Å². The minimum Gasteiger partial charge on any atom is -0.460 e. The molecule has 0 radical (unpaired) electrons. The Hall–Kier alpha value is -1.69. The summed E-state index contributed by atoms with van der Waals surface area (Å²) in [6.45, 7) is 2.93. The molecule has 0 saturated heterocycles. The molecule has 0 saturated carbocycles. The molecule has 0 aromatic carbocycles. The van der Waals surface area contributed by atoms with Gasteiger partial charge in [0.05, 0.1) is 24.1 Å². The Bertz CT molecular complexity index is 479. The standard InChI is InChI=1S/C11H13N3O2S/c1-2-9-10(17-8-13-9)11(15)16-6-5-14-4-3-12-7-14/h3-4,7-8H,2,5-6H2,1H3. The number of rotatable bonds is 5. The monoisotopic (exact) mass is 251 g/mol. The van der Waals surface area contributed by atoms with E-state index in [0.717, 1.165) is 12.1 Å². The molecule has 17 heavy (non-hydrogen) atoms. The van der Waals surface area contributed by atoms with E-state index in [2.05, 4.69) is 9.97 Å². The molecule has 2 aromatic rings. The van der Waals surface area contributed by atoms with Crippen LogP contribution in [0.25, 0.3) is 0 Å². The molecule has 5 nitrogen and oxygen atoms in total. The Morgan fingerprint density at radius 3 is 3.18 bits per heavy atom. The second-order valence-electron chi connectivity index (χ2n) is 3.42. The van der Waals surface area contributed by atoms with Gasteiger partial charge in [-0.05, 0) is 6.42 Å². The Morgan fingerprint density at radius 1 is 1.59 bits per heavy atom. The van der Waals surface area contributed by atoms with Crippen LogP contribution in [0, 0.1) is 0 Å². The minimum atomic E-state index is -0.288. The predicted molar refractivity (Wildman–Crippen MR) is 64.0 cm³/mol. The molecule has 0 spiro atoms. The Morgan fingerprint density at radius 2 is 2.47 bits per heavy atom. The van der Waals surface area contributed by atoms with E-state index in [1.54, 1.807) is 18.0 Å². The minimum absolute atomic E-state index is 0.288. The number of ether oxygens (including phenoxy) is 1. The molecule has 90 valence electrons. The van der Waals surface area contributed by atoms with E-state index in [-0.39, 0.29) is 5.97 Å². The van der Waals surface area contributed by atoms with Crippen molar-refractivity contribution in [3.63, 3.8) is 0 Å². The third-order valence-electron chi connectivity index (χ3n) is 2.30. The van der Waals surface area contributed by atoms with Crippen molar-refractivity contribution in [1.29, 1.82) is 0 Å². The summed E-state index contributed by atoms with van der Waals surface area (Å²) in [5.41, 5.74) is 2.48. The number of thiazole rings is 1. The highest BCUT2D eigenvalue weighted by molar-refractivity contribution is 7.11. The lowest BCUT2D eigenvalue weighted by Crippen LogP contribution is -2.11. The lowest BCUT2D eigenvalue weighted by molar-refractivity contribution is 0.0495. The van der Waals surface area contributed by atoms with Gasteiger partial charge in [0.2, 0.25) is 0 Å². The van der Waals surface area contributed by atoms with Gasteiger partial charge in [-0.2, -0.15) is 0 Å². The summed E-state index contributed by atoms with van der Waals surface area (Å²) in [7, 11) is 0. The van der Waals surface area contributed by atoms with Crippen LogP contribution in [0.3, 0.4) is 0 Å². The Kier molecular flexibility index (Phi) is 3.87. The summed E-state index contributed by atoms with van der Waals surface area (Å²) >= 11 is 1.33. The van der Waals surface area contributed by atoms with Crippen molar-refractivity contribution in [3.05, 3.63) is 34.8 Å². The van der Waals surface area contributed by atoms with E-state index in [0.29, 0.717) is 18.0 Å². The molecule has 0 atom stereocenters. The van der Waals surface area contributed by atoms with Crippen LogP contribution >= 0.6 is 11.3 Å². The Labute approximate surface area is 103 Å². The van der Waals surface area contributed by atoms with E-state index in [4.69, 9.17) is 4.74 Å². The van der Waals surface area contributed by atoms with Gasteiger partial charge in [0.1, 0.15) is 11.5 Å². The smallest absolute Gasteiger partial charge is 0.350 e. The first-order valence-corrected chi connectivity index (χ1v) is 6.24. The number of imidazole rings is 1. The zero-order valence-corrected chi connectivity index (χ0v) is 10.3. The molecule has 0 aliphatic heterocycles. The number of aromatic nitrogens is 3.